The second kappa shape index (κ2) is 4.65. The number of aromatic nitrogens is 1. The zero-order valence-electron chi connectivity index (χ0n) is 9.13. The second-order valence-electron chi connectivity index (χ2n) is 4.00. The smallest absolute Gasteiger partial charge is 0.129 e. The zero-order valence-corrected chi connectivity index (χ0v) is 9.89. The Hall–Kier alpha value is -0.760. The van der Waals surface area contributed by atoms with Crippen molar-refractivity contribution in [1.82, 2.24) is 4.98 Å². The lowest BCUT2D eigenvalue weighted by atomic mass is 10.1. The first-order valence-electron chi connectivity index (χ1n) is 4.89. The van der Waals surface area contributed by atoms with Gasteiger partial charge in [-0.2, -0.15) is 0 Å². The molecule has 1 N–H and O–H groups in total. The molecular weight excluding hydrogens is 196 g/mol. The van der Waals surface area contributed by atoms with E-state index in [2.05, 4.69) is 31.1 Å². The fourth-order valence-electron chi connectivity index (χ4n) is 1.08. The van der Waals surface area contributed by atoms with E-state index in [1.807, 2.05) is 13.0 Å². The molecule has 0 aliphatic heterocycles. The summed E-state index contributed by atoms with van der Waals surface area (Å²) < 4.78 is 0. The zero-order chi connectivity index (χ0) is 10.7. The van der Waals surface area contributed by atoms with E-state index in [-0.39, 0.29) is 0 Å². The van der Waals surface area contributed by atoms with Gasteiger partial charge in [0.1, 0.15) is 5.15 Å². The summed E-state index contributed by atoms with van der Waals surface area (Å²) in [5.41, 5.74) is 2.20. The Kier molecular flexibility index (Phi) is 3.76. The van der Waals surface area contributed by atoms with Crippen LogP contribution in [0, 0.1) is 12.8 Å². The largest absolute Gasteiger partial charge is 0.381 e. The van der Waals surface area contributed by atoms with Crippen LogP contribution in [-0.2, 0) is 0 Å². The quantitative estimate of drug-likeness (QED) is 0.776. The average Bonchev–Trinajstić information content (AvgIpc) is 2.09. The molecule has 1 rings (SSSR count). The van der Waals surface area contributed by atoms with E-state index in [4.69, 9.17) is 11.6 Å². The molecule has 0 radical (unpaired) electrons. The Morgan fingerprint density at radius 3 is 2.50 bits per heavy atom. The summed E-state index contributed by atoms with van der Waals surface area (Å²) in [4.78, 5) is 4.06. The molecule has 0 aliphatic carbocycles. The highest BCUT2D eigenvalue weighted by molar-refractivity contribution is 6.29. The maximum absolute atomic E-state index is 5.78. The summed E-state index contributed by atoms with van der Waals surface area (Å²) >= 11 is 5.78. The molecule has 1 unspecified atom stereocenters. The highest BCUT2D eigenvalue weighted by Gasteiger charge is 2.08. The Bertz CT molecular complexity index is 310. The molecule has 0 fully saturated rings. The first kappa shape index (κ1) is 11.3. The number of hydrogen-bond donors (Lipinski definition) is 1. The van der Waals surface area contributed by atoms with Crippen molar-refractivity contribution in [3.63, 3.8) is 0 Å². The van der Waals surface area contributed by atoms with Crippen LogP contribution in [0.3, 0.4) is 0 Å². The van der Waals surface area contributed by atoms with Gasteiger partial charge in [-0.05, 0) is 31.4 Å². The van der Waals surface area contributed by atoms with Crippen LogP contribution in [0.2, 0.25) is 5.15 Å². The van der Waals surface area contributed by atoms with Crippen LogP contribution in [0.15, 0.2) is 12.3 Å². The number of hydrogen-bond acceptors (Lipinski definition) is 2. The predicted octanol–water partition coefficient (Wildman–Crippen LogP) is 3.50. The molecule has 14 heavy (non-hydrogen) atoms. The van der Waals surface area contributed by atoms with E-state index >= 15 is 0 Å². The van der Waals surface area contributed by atoms with Gasteiger partial charge in [0.25, 0.3) is 0 Å². The van der Waals surface area contributed by atoms with Crippen molar-refractivity contribution >= 4 is 17.3 Å². The minimum absolute atomic E-state index is 0.441. The van der Waals surface area contributed by atoms with Crippen LogP contribution in [0.5, 0.6) is 0 Å². The van der Waals surface area contributed by atoms with Crippen LogP contribution in [-0.4, -0.2) is 11.0 Å². The van der Waals surface area contributed by atoms with E-state index in [9.17, 15) is 0 Å². The van der Waals surface area contributed by atoms with Crippen LogP contribution in [0.4, 0.5) is 5.69 Å². The summed E-state index contributed by atoms with van der Waals surface area (Å²) in [7, 11) is 0. The van der Waals surface area contributed by atoms with Crippen molar-refractivity contribution < 1.29 is 0 Å². The molecule has 1 aromatic rings. The summed E-state index contributed by atoms with van der Waals surface area (Å²) in [5, 5.41) is 3.96. The first-order valence-corrected chi connectivity index (χ1v) is 5.27. The van der Waals surface area contributed by atoms with Gasteiger partial charge >= 0.3 is 0 Å². The molecule has 1 heterocycles. The number of nitrogens with zero attached hydrogens (tertiary/aromatic N) is 1. The minimum atomic E-state index is 0.441. The third-order valence-electron chi connectivity index (χ3n) is 2.46. The number of halogens is 1. The molecule has 2 nitrogen and oxygen atoms in total. The lowest BCUT2D eigenvalue weighted by molar-refractivity contribution is 0.559. The van der Waals surface area contributed by atoms with Gasteiger partial charge in [-0.1, -0.05) is 25.4 Å². The number of pyridine rings is 1. The van der Waals surface area contributed by atoms with Crippen molar-refractivity contribution in [2.45, 2.75) is 33.7 Å². The van der Waals surface area contributed by atoms with Gasteiger partial charge in [-0.3, -0.25) is 0 Å². The van der Waals surface area contributed by atoms with E-state index < -0.39 is 0 Å². The van der Waals surface area contributed by atoms with Crippen LogP contribution >= 0.6 is 11.6 Å². The molecule has 0 aromatic carbocycles. The monoisotopic (exact) mass is 212 g/mol. The number of aryl methyl sites for hydroxylation is 1. The maximum atomic E-state index is 5.78. The molecule has 1 atom stereocenters. The first-order chi connectivity index (χ1) is 6.50. The lowest BCUT2D eigenvalue weighted by Gasteiger charge is -2.19. The summed E-state index contributed by atoms with van der Waals surface area (Å²) in [6, 6.07) is 2.31. The third kappa shape index (κ3) is 2.88. The van der Waals surface area contributed by atoms with Crippen molar-refractivity contribution in [1.29, 1.82) is 0 Å². The molecule has 3 heteroatoms. The minimum Gasteiger partial charge on any atom is -0.381 e. The number of rotatable bonds is 3. The molecule has 0 amide bonds. The van der Waals surface area contributed by atoms with Gasteiger partial charge in [0, 0.05) is 6.04 Å². The fourth-order valence-corrected chi connectivity index (χ4v) is 1.30. The van der Waals surface area contributed by atoms with E-state index in [0.717, 1.165) is 11.3 Å². The molecular formula is C11H17ClN2. The Morgan fingerprint density at radius 1 is 1.36 bits per heavy atom. The SMILES string of the molecule is Cc1cc(Cl)ncc1NC(C)C(C)C. The van der Waals surface area contributed by atoms with Gasteiger partial charge in [0.05, 0.1) is 11.9 Å². The lowest BCUT2D eigenvalue weighted by Crippen LogP contribution is -2.22. The Labute approximate surface area is 90.7 Å². The van der Waals surface area contributed by atoms with Gasteiger partial charge in [-0.25, -0.2) is 4.98 Å². The molecule has 0 aliphatic rings. The van der Waals surface area contributed by atoms with E-state index in [1.54, 1.807) is 6.20 Å². The predicted molar refractivity (Wildman–Crippen MR) is 61.9 cm³/mol. The molecule has 0 spiro atoms. The maximum Gasteiger partial charge on any atom is 0.129 e. The van der Waals surface area contributed by atoms with Crippen LogP contribution < -0.4 is 5.32 Å². The normalized spacial score (nSPS) is 13.0. The van der Waals surface area contributed by atoms with Crippen molar-refractivity contribution in [3.8, 4) is 0 Å². The summed E-state index contributed by atoms with van der Waals surface area (Å²) in [6.45, 7) is 8.58. The summed E-state index contributed by atoms with van der Waals surface area (Å²) in [5.74, 6) is 0.602. The topological polar surface area (TPSA) is 24.9 Å². The highest BCUT2D eigenvalue weighted by Crippen LogP contribution is 2.19. The van der Waals surface area contributed by atoms with Gasteiger partial charge in [-0.15, -0.1) is 0 Å². The fraction of sp³-hybridized carbons (Fsp3) is 0.545. The van der Waals surface area contributed by atoms with Gasteiger partial charge in [0.2, 0.25) is 0 Å². The van der Waals surface area contributed by atoms with E-state index in [1.165, 1.54) is 0 Å². The van der Waals surface area contributed by atoms with E-state index in [0.29, 0.717) is 17.1 Å². The standard InChI is InChI=1S/C11H17ClN2/c1-7(2)9(4)14-10-6-13-11(12)5-8(10)3/h5-7,9,14H,1-4H3. The third-order valence-corrected chi connectivity index (χ3v) is 2.67. The number of anilines is 1. The van der Waals surface area contributed by atoms with Crippen LogP contribution in [0.25, 0.3) is 0 Å². The van der Waals surface area contributed by atoms with Gasteiger partial charge in [0.15, 0.2) is 0 Å². The molecule has 0 saturated heterocycles. The molecule has 1 aromatic heterocycles. The summed E-state index contributed by atoms with van der Waals surface area (Å²) in [6.07, 6.45) is 1.79. The molecule has 0 saturated carbocycles. The Morgan fingerprint density at radius 2 is 2.00 bits per heavy atom. The molecule has 78 valence electrons. The van der Waals surface area contributed by atoms with Crippen molar-refractivity contribution in [2.75, 3.05) is 5.32 Å². The van der Waals surface area contributed by atoms with Crippen molar-refractivity contribution in [2.24, 2.45) is 5.92 Å². The number of nitrogens with one attached hydrogen (secondary N) is 1. The van der Waals surface area contributed by atoms with Crippen LogP contribution in [0.1, 0.15) is 26.3 Å². The Balaban J connectivity index is 2.77. The molecule has 0 bridgehead atoms. The highest BCUT2D eigenvalue weighted by atomic mass is 35.5. The second-order valence-corrected chi connectivity index (χ2v) is 4.39. The average molecular weight is 213 g/mol. The van der Waals surface area contributed by atoms with Gasteiger partial charge < -0.3 is 5.32 Å². The van der Waals surface area contributed by atoms with Crippen molar-refractivity contribution in [3.05, 3.63) is 23.0 Å².